The van der Waals surface area contributed by atoms with E-state index < -0.39 is 0 Å². The summed E-state index contributed by atoms with van der Waals surface area (Å²) in [7, 11) is 1.37. The first-order valence-electron chi connectivity index (χ1n) is 7.03. The zero-order valence-electron chi connectivity index (χ0n) is 12.6. The normalized spacial score (nSPS) is 10.3. The molecular weight excluding hydrogens is 300 g/mol. The van der Waals surface area contributed by atoms with Gasteiger partial charge in [-0.2, -0.15) is 0 Å². The lowest BCUT2D eigenvalue weighted by Gasteiger charge is -2.02. The number of benzene rings is 1. The molecule has 0 spiro atoms. The fourth-order valence-electron chi connectivity index (χ4n) is 2.04. The molecule has 0 aliphatic carbocycles. The average Bonchev–Trinajstić information content (AvgIpc) is 2.94. The molecule has 0 unspecified atom stereocenters. The minimum absolute atomic E-state index is 0.196. The first-order chi connectivity index (χ1) is 10.6. The maximum atomic E-state index is 11.5. The van der Waals surface area contributed by atoms with Gasteiger partial charge in [-0.3, -0.25) is 4.79 Å². The molecule has 0 N–H and O–H groups in total. The van der Waals surface area contributed by atoms with Crippen molar-refractivity contribution in [2.24, 2.45) is 0 Å². The zero-order valence-corrected chi connectivity index (χ0v) is 13.4. The Morgan fingerprint density at radius 3 is 2.36 bits per heavy atom. The Hall–Kier alpha value is -2.14. The smallest absolute Gasteiger partial charge is 0.337 e. The molecule has 0 bridgehead atoms. The molecule has 22 heavy (non-hydrogen) atoms. The highest BCUT2D eigenvalue weighted by Crippen LogP contribution is 2.21. The maximum absolute atomic E-state index is 11.5. The molecule has 1 heterocycles. The summed E-state index contributed by atoms with van der Waals surface area (Å²) in [5.41, 5.74) is 1.65. The van der Waals surface area contributed by atoms with Crippen molar-refractivity contribution < 1.29 is 19.1 Å². The third-order valence-corrected chi connectivity index (χ3v) is 4.18. The number of esters is 2. The van der Waals surface area contributed by atoms with Gasteiger partial charge < -0.3 is 9.47 Å². The van der Waals surface area contributed by atoms with Gasteiger partial charge in [0.1, 0.15) is 0 Å². The third kappa shape index (κ3) is 4.43. The molecule has 0 saturated heterocycles. The lowest BCUT2D eigenvalue weighted by molar-refractivity contribution is -0.142. The van der Waals surface area contributed by atoms with Gasteiger partial charge in [-0.25, -0.2) is 4.79 Å². The molecule has 0 radical (unpaired) electrons. The van der Waals surface area contributed by atoms with E-state index in [-0.39, 0.29) is 11.9 Å². The Balaban J connectivity index is 1.98. The third-order valence-electron chi connectivity index (χ3n) is 3.09. The van der Waals surface area contributed by atoms with Crippen molar-refractivity contribution in [2.45, 2.75) is 19.8 Å². The molecule has 0 saturated carbocycles. The first-order valence-corrected chi connectivity index (χ1v) is 7.84. The molecule has 1 aromatic carbocycles. The van der Waals surface area contributed by atoms with Crippen molar-refractivity contribution in [3.63, 3.8) is 0 Å². The fourth-order valence-corrected chi connectivity index (χ4v) is 3.08. The van der Waals surface area contributed by atoms with Crippen LogP contribution in [0.4, 0.5) is 0 Å². The Labute approximate surface area is 133 Å². The van der Waals surface area contributed by atoms with Gasteiger partial charge in [0.2, 0.25) is 0 Å². The van der Waals surface area contributed by atoms with E-state index in [0.29, 0.717) is 18.6 Å². The molecule has 4 nitrogen and oxygen atoms in total. The van der Waals surface area contributed by atoms with Crippen molar-refractivity contribution in [3.05, 3.63) is 57.3 Å². The molecule has 0 aliphatic rings. The van der Waals surface area contributed by atoms with Crippen LogP contribution < -0.4 is 0 Å². The summed E-state index contributed by atoms with van der Waals surface area (Å²) in [4.78, 5) is 25.0. The second kappa shape index (κ2) is 7.75. The van der Waals surface area contributed by atoms with Crippen LogP contribution in [0, 0.1) is 0 Å². The van der Waals surface area contributed by atoms with Gasteiger partial charge in [0.25, 0.3) is 0 Å². The fraction of sp³-hybridized carbons (Fsp3) is 0.294. The van der Waals surface area contributed by atoms with Gasteiger partial charge in [-0.05, 0) is 36.8 Å². The lowest BCUT2D eigenvalue weighted by atomic mass is 10.1. The zero-order chi connectivity index (χ0) is 15.9. The van der Waals surface area contributed by atoms with Gasteiger partial charge in [0.15, 0.2) is 0 Å². The highest BCUT2D eigenvalue weighted by molar-refractivity contribution is 7.12. The summed E-state index contributed by atoms with van der Waals surface area (Å²) in [6, 6.07) is 11.3. The quantitative estimate of drug-likeness (QED) is 0.767. The number of hydrogen-bond acceptors (Lipinski definition) is 5. The van der Waals surface area contributed by atoms with Crippen LogP contribution >= 0.6 is 11.3 Å². The van der Waals surface area contributed by atoms with E-state index in [9.17, 15) is 9.59 Å². The molecule has 2 aromatic rings. The van der Waals surface area contributed by atoms with Crippen LogP contribution in [0.3, 0.4) is 0 Å². The number of carbonyl (C=O) groups excluding carboxylic acids is 2. The predicted octanol–water partition coefficient (Wildman–Crippen LogP) is 3.23. The van der Waals surface area contributed by atoms with Crippen LogP contribution in [0.1, 0.15) is 32.6 Å². The molecule has 2 rings (SSSR count). The summed E-state index contributed by atoms with van der Waals surface area (Å²) in [6.07, 6.45) is 1.09. The number of ether oxygens (including phenoxy) is 2. The van der Waals surface area contributed by atoms with Crippen LogP contribution in [0.2, 0.25) is 0 Å². The van der Waals surface area contributed by atoms with Crippen LogP contribution in [-0.2, 0) is 27.1 Å². The summed E-state index contributed by atoms with van der Waals surface area (Å²) in [5, 5.41) is 0. The maximum Gasteiger partial charge on any atom is 0.337 e. The molecule has 0 fully saturated rings. The van der Waals surface area contributed by atoms with Crippen LogP contribution in [0.15, 0.2) is 36.4 Å². The predicted molar refractivity (Wildman–Crippen MR) is 85.2 cm³/mol. The van der Waals surface area contributed by atoms with Gasteiger partial charge in [0, 0.05) is 16.2 Å². The molecule has 1 aromatic heterocycles. The van der Waals surface area contributed by atoms with E-state index in [4.69, 9.17) is 4.74 Å². The molecule has 0 aliphatic heterocycles. The van der Waals surface area contributed by atoms with Crippen molar-refractivity contribution in [3.8, 4) is 0 Å². The summed E-state index contributed by atoms with van der Waals surface area (Å²) in [6.45, 7) is 2.21. The van der Waals surface area contributed by atoms with Crippen molar-refractivity contribution in [1.82, 2.24) is 0 Å². The van der Waals surface area contributed by atoms with E-state index in [1.165, 1.54) is 12.0 Å². The molecule has 0 amide bonds. The number of methoxy groups -OCH3 is 1. The molecular formula is C17H18O4S. The van der Waals surface area contributed by atoms with E-state index >= 15 is 0 Å². The van der Waals surface area contributed by atoms with Crippen LogP contribution in [0.25, 0.3) is 0 Å². The van der Waals surface area contributed by atoms with Crippen molar-refractivity contribution in [1.29, 1.82) is 0 Å². The molecule has 0 atom stereocenters. The summed E-state index contributed by atoms with van der Waals surface area (Å²) >= 11 is 1.60. The second-order valence-corrected chi connectivity index (χ2v) is 5.97. The van der Waals surface area contributed by atoms with Crippen molar-refractivity contribution in [2.75, 3.05) is 13.7 Å². The van der Waals surface area contributed by atoms with Gasteiger partial charge in [-0.1, -0.05) is 12.1 Å². The Bertz CT molecular complexity index is 643. The van der Waals surface area contributed by atoms with Crippen LogP contribution in [-0.4, -0.2) is 25.7 Å². The van der Waals surface area contributed by atoms with E-state index in [2.05, 4.69) is 4.74 Å². The van der Waals surface area contributed by atoms with E-state index in [0.717, 1.165) is 16.9 Å². The topological polar surface area (TPSA) is 52.6 Å². The summed E-state index contributed by atoms with van der Waals surface area (Å²) in [5.74, 6) is -0.530. The Morgan fingerprint density at radius 1 is 1.05 bits per heavy atom. The van der Waals surface area contributed by atoms with E-state index in [1.807, 2.05) is 24.3 Å². The number of carbonyl (C=O) groups is 2. The molecule has 5 heteroatoms. The van der Waals surface area contributed by atoms with E-state index in [1.54, 1.807) is 30.4 Å². The highest BCUT2D eigenvalue weighted by Gasteiger charge is 2.08. The van der Waals surface area contributed by atoms with Gasteiger partial charge in [0.05, 0.1) is 25.7 Å². The molecule has 116 valence electrons. The van der Waals surface area contributed by atoms with Crippen LogP contribution in [0.5, 0.6) is 0 Å². The minimum Gasteiger partial charge on any atom is -0.466 e. The summed E-state index contributed by atoms with van der Waals surface area (Å²) < 4.78 is 9.62. The first kappa shape index (κ1) is 16.2. The lowest BCUT2D eigenvalue weighted by Crippen LogP contribution is -2.06. The standard InChI is InChI=1S/C17H18O4S/c1-3-21-16(18)11-15-9-8-14(22-15)10-12-4-6-13(7-5-12)17(19)20-2/h4-9H,3,10-11H2,1-2H3. The number of thiophene rings is 1. The Morgan fingerprint density at radius 2 is 1.73 bits per heavy atom. The average molecular weight is 318 g/mol. The second-order valence-electron chi connectivity index (χ2n) is 4.72. The largest absolute Gasteiger partial charge is 0.466 e. The Kier molecular flexibility index (Phi) is 5.72. The number of hydrogen-bond donors (Lipinski definition) is 0. The number of rotatable bonds is 6. The monoisotopic (exact) mass is 318 g/mol. The highest BCUT2D eigenvalue weighted by atomic mass is 32.1. The van der Waals surface area contributed by atoms with Crippen molar-refractivity contribution >= 4 is 23.3 Å². The van der Waals surface area contributed by atoms with Gasteiger partial charge >= 0.3 is 11.9 Å². The minimum atomic E-state index is -0.334. The van der Waals surface area contributed by atoms with Gasteiger partial charge in [-0.15, -0.1) is 11.3 Å². The SMILES string of the molecule is CCOC(=O)Cc1ccc(Cc2ccc(C(=O)OC)cc2)s1.